The minimum absolute atomic E-state index is 0.165. The lowest BCUT2D eigenvalue weighted by Crippen LogP contribution is -2.32. The van der Waals surface area contributed by atoms with Gasteiger partial charge in [0.05, 0.1) is 23.7 Å². The first kappa shape index (κ1) is 14.4. The average molecular weight is 311 g/mol. The van der Waals surface area contributed by atoms with Crippen LogP contribution in [-0.4, -0.2) is 22.7 Å². The minimum Gasteiger partial charge on any atom is -0.371 e. The highest BCUT2D eigenvalue weighted by Crippen LogP contribution is 2.26. The number of nitrogens with zero attached hydrogens (tertiary/aromatic N) is 2. The van der Waals surface area contributed by atoms with Crippen LogP contribution in [0.5, 0.6) is 0 Å². The van der Waals surface area contributed by atoms with Crippen LogP contribution in [0.2, 0.25) is 0 Å². The Morgan fingerprint density at radius 2 is 2.09 bits per heavy atom. The second-order valence-corrected chi connectivity index (χ2v) is 5.82. The summed E-state index contributed by atoms with van der Waals surface area (Å²) >= 11 is 0. The molecule has 3 aromatic rings. The zero-order chi connectivity index (χ0) is 15.6. The lowest BCUT2D eigenvalue weighted by atomic mass is 10.2. The molecule has 0 fully saturated rings. The summed E-state index contributed by atoms with van der Waals surface area (Å²) in [5.41, 5.74) is 2.91. The first-order valence-electron chi connectivity index (χ1n) is 7.80. The average Bonchev–Trinajstić information content (AvgIpc) is 2.94. The van der Waals surface area contributed by atoms with Crippen LogP contribution in [0.15, 0.2) is 48.5 Å². The highest BCUT2D eigenvalue weighted by molar-refractivity contribution is 5.76. The van der Waals surface area contributed by atoms with Gasteiger partial charge >= 0.3 is 0 Å². The molecule has 0 saturated carbocycles. The van der Waals surface area contributed by atoms with Crippen LogP contribution in [0.3, 0.4) is 0 Å². The fraction of sp³-hybridized carbons (Fsp3) is 0.278. The van der Waals surface area contributed by atoms with E-state index in [4.69, 9.17) is 4.74 Å². The van der Waals surface area contributed by atoms with Gasteiger partial charge in [0.25, 0.3) is 0 Å². The summed E-state index contributed by atoms with van der Waals surface area (Å²) in [6.45, 7) is 2.71. The van der Waals surface area contributed by atoms with Crippen LogP contribution < -0.4 is 5.32 Å². The second-order valence-electron chi connectivity index (χ2n) is 5.82. The van der Waals surface area contributed by atoms with Gasteiger partial charge in [-0.3, -0.25) is 0 Å². The maximum Gasteiger partial charge on any atom is 0.136 e. The molecule has 2 aromatic carbocycles. The molecule has 0 saturated heterocycles. The molecule has 5 heteroatoms. The normalized spacial score (nSPS) is 17.3. The fourth-order valence-electron chi connectivity index (χ4n) is 3.12. The van der Waals surface area contributed by atoms with Gasteiger partial charge in [-0.05, 0) is 17.7 Å². The number of fused-ring (bicyclic) bond motifs is 3. The fourth-order valence-corrected chi connectivity index (χ4v) is 3.12. The van der Waals surface area contributed by atoms with E-state index in [2.05, 4.69) is 27.0 Å². The quantitative estimate of drug-likeness (QED) is 0.805. The van der Waals surface area contributed by atoms with E-state index >= 15 is 0 Å². The lowest BCUT2D eigenvalue weighted by molar-refractivity contribution is 0.0564. The van der Waals surface area contributed by atoms with Gasteiger partial charge in [-0.25, -0.2) is 9.37 Å². The molecule has 4 nitrogen and oxygen atoms in total. The number of rotatable bonds is 4. The molecule has 2 heterocycles. The van der Waals surface area contributed by atoms with E-state index in [1.165, 1.54) is 17.7 Å². The van der Waals surface area contributed by atoms with Gasteiger partial charge in [0.2, 0.25) is 0 Å². The van der Waals surface area contributed by atoms with E-state index in [0.29, 0.717) is 18.7 Å². The van der Waals surface area contributed by atoms with Crippen LogP contribution in [-0.2, 0) is 17.9 Å². The molecule has 118 valence electrons. The molecule has 1 atom stereocenters. The summed E-state index contributed by atoms with van der Waals surface area (Å²) in [5.74, 6) is 0.607. The summed E-state index contributed by atoms with van der Waals surface area (Å²) in [6, 6.07) is 15.2. The molecule has 1 aliphatic rings. The maximum atomic E-state index is 13.4. The van der Waals surface area contributed by atoms with Crippen LogP contribution in [0.4, 0.5) is 4.39 Å². The Morgan fingerprint density at radius 1 is 1.22 bits per heavy atom. The zero-order valence-corrected chi connectivity index (χ0v) is 12.7. The van der Waals surface area contributed by atoms with E-state index in [-0.39, 0.29) is 11.9 Å². The maximum absolute atomic E-state index is 13.4. The van der Waals surface area contributed by atoms with Crippen molar-refractivity contribution in [2.75, 3.05) is 13.2 Å². The van der Waals surface area contributed by atoms with Gasteiger partial charge in [-0.15, -0.1) is 0 Å². The molecule has 0 amide bonds. The zero-order valence-electron chi connectivity index (χ0n) is 12.7. The van der Waals surface area contributed by atoms with Crippen molar-refractivity contribution in [1.29, 1.82) is 0 Å². The molecule has 1 unspecified atom stereocenters. The number of aromatic nitrogens is 2. The van der Waals surface area contributed by atoms with Crippen molar-refractivity contribution in [3.05, 3.63) is 65.7 Å². The van der Waals surface area contributed by atoms with E-state index < -0.39 is 0 Å². The van der Waals surface area contributed by atoms with E-state index in [9.17, 15) is 4.39 Å². The van der Waals surface area contributed by atoms with Crippen molar-refractivity contribution in [3.8, 4) is 0 Å². The SMILES string of the molecule is Fc1ccc2c(c1)nc1n2C(CNCc2ccccc2)COC1. The number of halogens is 1. The molecule has 0 radical (unpaired) electrons. The molecule has 0 spiro atoms. The monoisotopic (exact) mass is 311 g/mol. The molecule has 0 aliphatic carbocycles. The number of hydrogen-bond donors (Lipinski definition) is 1. The third-order valence-corrected chi connectivity index (χ3v) is 4.18. The number of imidazole rings is 1. The number of benzene rings is 2. The predicted molar refractivity (Wildman–Crippen MR) is 86.5 cm³/mol. The van der Waals surface area contributed by atoms with Crippen LogP contribution in [0, 0.1) is 5.82 Å². The van der Waals surface area contributed by atoms with E-state index in [1.54, 1.807) is 6.07 Å². The van der Waals surface area contributed by atoms with Gasteiger partial charge < -0.3 is 14.6 Å². The Morgan fingerprint density at radius 3 is 2.96 bits per heavy atom. The second kappa shape index (κ2) is 6.10. The van der Waals surface area contributed by atoms with Crippen LogP contribution in [0.1, 0.15) is 17.4 Å². The summed E-state index contributed by atoms with van der Waals surface area (Å²) in [4.78, 5) is 4.50. The molecule has 4 rings (SSSR count). The first-order valence-corrected chi connectivity index (χ1v) is 7.80. The molecular weight excluding hydrogens is 293 g/mol. The van der Waals surface area contributed by atoms with Crippen molar-refractivity contribution < 1.29 is 9.13 Å². The lowest BCUT2D eigenvalue weighted by Gasteiger charge is -2.26. The first-order chi connectivity index (χ1) is 11.3. The molecule has 0 bridgehead atoms. The minimum atomic E-state index is -0.257. The highest BCUT2D eigenvalue weighted by atomic mass is 19.1. The molecule has 23 heavy (non-hydrogen) atoms. The number of ether oxygens (including phenoxy) is 1. The molecule has 1 aromatic heterocycles. The third kappa shape index (κ3) is 2.85. The smallest absolute Gasteiger partial charge is 0.136 e. The number of nitrogens with one attached hydrogen (secondary N) is 1. The van der Waals surface area contributed by atoms with Crippen molar-refractivity contribution in [1.82, 2.24) is 14.9 Å². The number of hydrogen-bond acceptors (Lipinski definition) is 3. The standard InChI is InChI=1S/C18H18FN3O/c19-14-6-7-17-16(8-14)21-18-12-23-11-15(22(17)18)10-20-9-13-4-2-1-3-5-13/h1-8,15,20H,9-12H2. The summed E-state index contributed by atoms with van der Waals surface area (Å²) in [7, 11) is 0. The van der Waals surface area contributed by atoms with Gasteiger partial charge in [-0.2, -0.15) is 0 Å². The van der Waals surface area contributed by atoms with Crippen molar-refractivity contribution in [3.63, 3.8) is 0 Å². The van der Waals surface area contributed by atoms with E-state index in [1.807, 2.05) is 18.2 Å². The summed E-state index contributed by atoms with van der Waals surface area (Å²) in [6.07, 6.45) is 0. The van der Waals surface area contributed by atoms with Gasteiger partial charge in [0.15, 0.2) is 0 Å². The Balaban J connectivity index is 1.54. The molecule has 1 aliphatic heterocycles. The Hall–Kier alpha value is -2.24. The van der Waals surface area contributed by atoms with Gasteiger partial charge in [0.1, 0.15) is 18.2 Å². The third-order valence-electron chi connectivity index (χ3n) is 4.18. The largest absolute Gasteiger partial charge is 0.371 e. The Labute approximate surface area is 133 Å². The Kier molecular flexibility index (Phi) is 3.81. The van der Waals surface area contributed by atoms with Gasteiger partial charge in [0, 0.05) is 19.2 Å². The predicted octanol–water partition coefficient (Wildman–Crippen LogP) is 3.04. The van der Waals surface area contributed by atoms with Crippen molar-refractivity contribution in [2.45, 2.75) is 19.2 Å². The van der Waals surface area contributed by atoms with Crippen LogP contribution in [0.25, 0.3) is 11.0 Å². The summed E-state index contributed by atoms with van der Waals surface area (Å²) < 4.78 is 21.2. The molecule has 1 N–H and O–H groups in total. The van der Waals surface area contributed by atoms with Crippen molar-refractivity contribution >= 4 is 11.0 Å². The van der Waals surface area contributed by atoms with E-state index in [0.717, 1.165) is 24.4 Å². The van der Waals surface area contributed by atoms with Gasteiger partial charge in [-0.1, -0.05) is 30.3 Å². The summed E-state index contributed by atoms with van der Waals surface area (Å²) in [5, 5.41) is 3.48. The van der Waals surface area contributed by atoms with Crippen molar-refractivity contribution in [2.24, 2.45) is 0 Å². The van der Waals surface area contributed by atoms with Crippen LogP contribution >= 0.6 is 0 Å². The topological polar surface area (TPSA) is 39.1 Å². The Bertz CT molecular complexity index is 816. The highest BCUT2D eigenvalue weighted by Gasteiger charge is 2.23. The molecular formula is C18H18FN3O.